The summed E-state index contributed by atoms with van der Waals surface area (Å²) in [5.74, 6) is 1.16. The standard InChI is InChI=1S/C23H29N5O3/c1-3-5-15-14-16(6-11-19(15)29)21(30)20-22(24)28-23(27-20)26-17-7-9-18(10-8-17)31-13-12-25-4-2/h6-11,14,25,29H,3-5,12-13,24H2,1-2H3,(H2,26,27,28). The third-order valence-electron chi connectivity index (χ3n) is 4.73. The van der Waals surface area contributed by atoms with Crippen LogP contribution in [-0.2, 0) is 6.42 Å². The summed E-state index contributed by atoms with van der Waals surface area (Å²) >= 11 is 0. The first kappa shape index (κ1) is 22.2. The van der Waals surface area contributed by atoms with Gasteiger partial charge in [-0.25, -0.2) is 0 Å². The van der Waals surface area contributed by atoms with Crippen LogP contribution in [0.4, 0.5) is 17.5 Å². The van der Waals surface area contributed by atoms with Gasteiger partial charge in [-0.1, -0.05) is 20.3 Å². The van der Waals surface area contributed by atoms with Crippen molar-refractivity contribution in [2.45, 2.75) is 26.7 Å². The Morgan fingerprint density at radius 1 is 1.19 bits per heavy atom. The average molecular weight is 424 g/mol. The first-order valence-electron chi connectivity index (χ1n) is 10.4. The molecule has 0 saturated carbocycles. The highest BCUT2D eigenvalue weighted by atomic mass is 16.5. The van der Waals surface area contributed by atoms with Crippen LogP contribution in [0.25, 0.3) is 0 Å². The summed E-state index contributed by atoms with van der Waals surface area (Å²) in [4.78, 5) is 20.1. The molecule has 1 aromatic heterocycles. The zero-order chi connectivity index (χ0) is 22.2. The van der Waals surface area contributed by atoms with Gasteiger partial charge in [-0.05, 0) is 61.0 Å². The van der Waals surface area contributed by atoms with Crippen molar-refractivity contribution in [3.05, 3.63) is 59.3 Å². The Balaban J connectivity index is 1.68. The van der Waals surface area contributed by atoms with Crippen molar-refractivity contribution >= 4 is 23.2 Å². The molecule has 0 aliphatic rings. The quantitative estimate of drug-likeness (QED) is 0.236. The number of rotatable bonds is 11. The summed E-state index contributed by atoms with van der Waals surface area (Å²) < 4.78 is 5.66. The van der Waals surface area contributed by atoms with E-state index in [1.54, 1.807) is 12.1 Å². The maximum atomic E-state index is 12.9. The summed E-state index contributed by atoms with van der Waals surface area (Å²) in [6, 6.07) is 12.3. The molecule has 0 fully saturated rings. The number of anilines is 3. The van der Waals surface area contributed by atoms with Crippen LogP contribution >= 0.6 is 0 Å². The molecule has 2 aromatic carbocycles. The van der Waals surface area contributed by atoms with Crippen LogP contribution < -0.4 is 21.1 Å². The minimum absolute atomic E-state index is 0.112. The molecule has 6 N–H and O–H groups in total. The van der Waals surface area contributed by atoms with Crippen LogP contribution in [0.3, 0.4) is 0 Å². The molecule has 0 aliphatic heterocycles. The number of hydrogen-bond acceptors (Lipinski definition) is 7. The largest absolute Gasteiger partial charge is 0.508 e. The van der Waals surface area contributed by atoms with E-state index in [1.807, 2.05) is 31.2 Å². The Labute approximate surface area is 181 Å². The minimum atomic E-state index is -0.278. The third-order valence-corrected chi connectivity index (χ3v) is 4.73. The maximum absolute atomic E-state index is 12.9. The summed E-state index contributed by atoms with van der Waals surface area (Å²) in [5.41, 5.74) is 8.15. The Kier molecular flexibility index (Phi) is 7.50. The number of nitrogens with two attached hydrogens (primary N) is 1. The monoisotopic (exact) mass is 423 g/mol. The lowest BCUT2D eigenvalue weighted by Gasteiger charge is -2.08. The molecule has 0 unspecified atom stereocenters. The Morgan fingerprint density at radius 2 is 1.97 bits per heavy atom. The van der Waals surface area contributed by atoms with Gasteiger partial charge >= 0.3 is 0 Å². The van der Waals surface area contributed by atoms with Crippen LogP contribution in [0, 0.1) is 0 Å². The van der Waals surface area contributed by atoms with E-state index in [1.165, 1.54) is 6.07 Å². The number of carbonyl (C=O) groups excluding carboxylic acids is 1. The fourth-order valence-electron chi connectivity index (χ4n) is 3.15. The lowest BCUT2D eigenvalue weighted by atomic mass is 10.0. The zero-order valence-electron chi connectivity index (χ0n) is 17.9. The highest BCUT2D eigenvalue weighted by Crippen LogP contribution is 2.25. The molecule has 0 atom stereocenters. The molecule has 0 aliphatic carbocycles. The molecular formula is C23H29N5O3. The number of carbonyl (C=O) groups is 1. The fraction of sp³-hybridized carbons (Fsp3) is 0.304. The molecule has 0 saturated heterocycles. The minimum Gasteiger partial charge on any atom is -0.508 e. The van der Waals surface area contributed by atoms with Crippen molar-refractivity contribution in [3.63, 3.8) is 0 Å². The number of likely N-dealkylation sites (N-methyl/N-ethyl adjacent to an activating group) is 1. The van der Waals surface area contributed by atoms with Crippen molar-refractivity contribution in [3.8, 4) is 11.5 Å². The van der Waals surface area contributed by atoms with Crippen LogP contribution in [0.5, 0.6) is 11.5 Å². The van der Waals surface area contributed by atoms with E-state index < -0.39 is 0 Å². The summed E-state index contributed by atoms with van der Waals surface area (Å²) in [5, 5.41) is 16.3. The first-order chi connectivity index (χ1) is 15.0. The van der Waals surface area contributed by atoms with Gasteiger partial charge in [-0.2, -0.15) is 4.98 Å². The number of phenols is 1. The van der Waals surface area contributed by atoms with Crippen LogP contribution in [0.15, 0.2) is 42.5 Å². The molecule has 1 heterocycles. The van der Waals surface area contributed by atoms with Crippen molar-refractivity contribution in [2.75, 3.05) is 30.7 Å². The number of H-pyrrole nitrogens is 1. The molecule has 164 valence electrons. The number of ketones is 1. The molecule has 0 amide bonds. The molecule has 31 heavy (non-hydrogen) atoms. The summed E-state index contributed by atoms with van der Waals surface area (Å²) in [6.07, 6.45) is 1.55. The number of benzene rings is 2. The Bertz CT molecular complexity index is 1010. The number of aromatic amines is 1. The normalized spacial score (nSPS) is 10.8. The number of ether oxygens (including phenoxy) is 1. The van der Waals surface area contributed by atoms with Crippen molar-refractivity contribution in [1.82, 2.24) is 15.3 Å². The number of nitrogens with one attached hydrogen (secondary N) is 3. The van der Waals surface area contributed by atoms with Crippen LogP contribution in [0.1, 0.15) is 41.9 Å². The SMILES string of the molecule is CCCc1cc(C(=O)c2[nH]c(Nc3ccc(OCCNCC)cc3)nc2N)ccc1O. The number of nitrogen functional groups attached to an aromatic ring is 1. The number of hydrogen-bond donors (Lipinski definition) is 5. The molecule has 3 rings (SSSR count). The second-order valence-corrected chi connectivity index (χ2v) is 7.12. The number of imidazole rings is 1. The van der Waals surface area contributed by atoms with Gasteiger partial charge in [0.05, 0.1) is 0 Å². The molecule has 8 heteroatoms. The molecule has 8 nitrogen and oxygen atoms in total. The predicted octanol–water partition coefficient (Wildman–Crippen LogP) is 3.61. The molecule has 0 radical (unpaired) electrons. The Hall–Kier alpha value is -3.52. The highest BCUT2D eigenvalue weighted by Gasteiger charge is 2.18. The van der Waals surface area contributed by atoms with Crippen LogP contribution in [0.2, 0.25) is 0 Å². The van der Waals surface area contributed by atoms with Crippen molar-refractivity contribution < 1.29 is 14.6 Å². The van der Waals surface area contributed by atoms with Crippen LogP contribution in [-0.4, -0.2) is 40.6 Å². The maximum Gasteiger partial charge on any atom is 0.213 e. The van der Waals surface area contributed by atoms with Gasteiger partial charge in [0.2, 0.25) is 11.7 Å². The van der Waals surface area contributed by atoms with Gasteiger partial charge in [0.15, 0.2) is 5.82 Å². The van der Waals surface area contributed by atoms with Gasteiger partial charge in [-0.3, -0.25) is 4.79 Å². The Morgan fingerprint density at radius 3 is 2.68 bits per heavy atom. The summed E-state index contributed by atoms with van der Waals surface area (Å²) in [6.45, 7) is 6.37. The van der Waals surface area contributed by atoms with Crippen molar-refractivity contribution in [2.24, 2.45) is 0 Å². The lowest BCUT2D eigenvalue weighted by Crippen LogP contribution is -2.20. The number of aryl methyl sites for hydroxylation is 1. The number of nitrogens with zero attached hydrogens (tertiary/aromatic N) is 1. The predicted molar refractivity (Wildman–Crippen MR) is 122 cm³/mol. The van der Waals surface area contributed by atoms with E-state index in [0.717, 1.165) is 36.5 Å². The molecule has 0 spiro atoms. The van der Waals surface area contributed by atoms with Gasteiger partial charge in [0, 0.05) is 17.8 Å². The van der Waals surface area contributed by atoms with Gasteiger partial charge in [0.1, 0.15) is 23.8 Å². The first-order valence-corrected chi connectivity index (χ1v) is 10.4. The van der Waals surface area contributed by atoms with Gasteiger partial charge < -0.3 is 31.2 Å². The van der Waals surface area contributed by atoms with Gasteiger partial charge in [-0.15, -0.1) is 0 Å². The van der Waals surface area contributed by atoms with E-state index in [0.29, 0.717) is 24.5 Å². The third kappa shape index (κ3) is 5.76. The van der Waals surface area contributed by atoms with E-state index in [4.69, 9.17) is 10.5 Å². The molecule has 0 bridgehead atoms. The fourth-order valence-corrected chi connectivity index (χ4v) is 3.15. The van der Waals surface area contributed by atoms with E-state index >= 15 is 0 Å². The number of phenolic OH excluding ortho intramolecular Hbond substituents is 1. The molecular weight excluding hydrogens is 394 g/mol. The summed E-state index contributed by atoms with van der Waals surface area (Å²) in [7, 11) is 0. The van der Waals surface area contributed by atoms with Crippen molar-refractivity contribution in [1.29, 1.82) is 0 Å². The van der Waals surface area contributed by atoms with E-state index in [-0.39, 0.29) is 23.0 Å². The number of aromatic nitrogens is 2. The molecule has 3 aromatic rings. The van der Waals surface area contributed by atoms with E-state index in [2.05, 4.69) is 27.5 Å². The second kappa shape index (κ2) is 10.5. The number of aromatic hydroxyl groups is 1. The lowest BCUT2D eigenvalue weighted by molar-refractivity contribution is 0.103. The van der Waals surface area contributed by atoms with Gasteiger partial charge in [0.25, 0.3) is 0 Å². The zero-order valence-corrected chi connectivity index (χ0v) is 17.9. The smallest absolute Gasteiger partial charge is 0.213 e. The van der Waals surface area contributed by atoms with E-state index in [9.17, 15) is 9.90 Å². The average Bonchev–Trinajstić information content (AvgIpc) is 3.13. The highest BCUT2D eigenvalue weighted by molar-refractivity contribution is 6.10. The second-order valence-electron chi connectivity index (χ2n) is 7.12. The topological polar surface area (TPSA) is 125 Å².